The number of hydrogen-bond donors (Lipinski definition) is 3. The maximum absolute atomic E-state index is 14.0. The van der Waals surface area contributed by atoms with E-state index in [9.17, 15) is 22.4 Å². The smallest absolute Gasteiger partial charge is 0.383 e. The molecule has 2 aliphatic heterocycles. The van der Waals surface area contributed by atoms with Crippen LogP contribution < -0.4 is 16.4 Å². The molecule has 0 bridgehead atoms. The predicted molar refractivity (Wildman–Crippen MR) is 153 cm³/mol. The van der Waals surface area contributed by atoms with Gasteiger partial charge >= 0.3 is 12.2 Å². The lowest BCUT2D eigenvalue weighted by molar-refractivity contribution is -0.185. The van der Waals surface area contributed by atoms with Crippen LogP contribution in [0.1, 0.15) is 24.0 Å². The summed E-state index contributed by atoms with van der Waals surface area (Å²) in [6.45, 7) is 3.72. The maximum Gasteiger partial charge on any atom is 0.416 e. The maximum atomic E-state index is 14.0. The van der Waals surface area contributed by atoms with Crippen LogP contribution >= 0.6 is 11.3 Å². The van der Waals surface area contributed by atoms with Gasteiger partial charge in [0.15, 0.2) is 5.79 Å². The average Bonchev–Trinajstić information content (AvgIpc) is 3.61. The summed E-state index contributed by atoms with van der Waals surface area (Å²) in [6.07, 6.45) is -1.20. The summed E-state index contributed by atoms with van der Waals surface area (Å²) in [5, 5.41) is 7.52. The summed E-state index contributed by atoms with van der Waals surface area (Å²) in [7, 11) is 0. The number of pyridine rings is 1. The molecule has 0 unspecified atom stereocenters. The van der Waals surface area contributed by atoms with Crippen LogP contribution in [0.3, 0.4) is 0 Å². The lowest BCUT2D eigenvalue weighted by atomic mass is 10.0. The number of piperidine rings is 1. The second-order valence-corrected chi connectivity index (χ2v) is 11.1. The number of nitrogens with zero attached hydrogens (tertiary/aromatic N) is 2. The molecule has 0 aliphatic carbocycles. The van der Waals surface area contributed by atoms with Crippen LogP contribution in [0.2, 0.25) is 0 Å². The van der Waals surface area contributed by atoms with Crippen molar-refractivity contribution in [1.82, 2.24) is 9.88 Å². The van der Waals surface area contributed by atoms with Crippen LogP contribution in [0.25, 0.3) is 21.2 Å². The first-order chi connectivity index (χ1) is 20.1. The Morgan fingerprint density at radius 3 is 2.48 bits per heavy atom. The average molecular weight is 602 g/mol. The molecule has 220 valence electrons. The number of nitrogens with one attached hydrogen (secondary N) is 2. The zero-order valence-corrected chi connectivity index (χ0v) is 23.1. The molecule has 0 atom stereocenters. The third kappa shape index (κ3) is 5.77. The van der Waals surface area contributed by atoms with E-state index >= 15 is 0 Å². The Bertz CT molecular complexity index is 1610. The largest absolute Gasteiger partial charge is 0.416 e. The van der Waals surface area contributed by atoms with Gasteiger partial charge in [-0.25, -0.2) is 14.2 Å². The Kier molecular flexibility index (Phi) is 7.51. The fraction of sp³-hybridized carbons (Fsp3) is 0.310. The fourth-order valence-corrected chi connectivity index (χ4v) is 6.43. The number of nitrogens with two attached hydrogens (primary N) is 1. The van der Waals surface area contributed by atoms with Crippen LogP contribution in [-0.4, -0.2) is 48.0 Å². The SMILES string of the molecule is Nc1ncc(CN2CCC3(CC2)OCCO3)c2scc(-c3ccc(NC(=O)Nc4cc(C(F)(F)F)ccc4F)cc3)c12. The first-order valence-corrected chi connectivity index (χ1v) is 14.2. The van der Waals surface area contributed by atoms with E-state index < -0.39 is 35.1 Å². The molecule has 42 heavy (non-hydrogen) atoms. The van der Waals surface area contributed by atoms with Crippen LogP contribution in [0.4, 0.5) is 39.5 Å². The van der Waals surface area contributed by atoms with Gasteiger partial charge in [0.25, 0.3) is 0 Å². The number of alkyl halides is 3. The minimum atomic E-state index is -4.67. The van der Waals surface area contributed by atoms with E-state index in [-0.39, 0.29) is 0 Å². The van der Waals surface area contributed by atoms with E-state index in [1.807, 2.05) is 11.6 Å². The highest BCUT2D eigenvalue weighted by atomic mass is 32.1. The molecular formula is C29H27F4N5O3S. The van der Waals surface area contributed by atoms with Gasteiger partial charge in [-0.05, 0) is 41.3 Å². The van der Waals surface area contributed by atoms with Gasteiger partial charge in [-0.1, -0.05) is 12.1 Å². The normalized spacial score (nSPS) is 17.1. The third-order valence-electron chi connectivity index (χ3n) is 7.52. The van der Waals surface area contributed by atoms with Crippen molar-refractivity contribution in [2.75, 3.05) is 42.7 Å². The Hall–Kier alpha value is -3.78. The highest BCUT2D eigenvalue weighted by molar-refractivity contribution is 7.18. The molecule has 1 spiro atoms. The van der Waals surface area contributed by atoms with Gasteiger partial charge in [-0.15, -0.1) is 11.3 Å². The number of likely N-dealkylation sites (tertiary alicyclic amines) is 1. The lowest BCUT2D eigenvalue weighted by Crippen LogP contribution is -2.44. The van der Waals surface area contributed by atoms with Gasteiger partial charge in [0.2, 0.25) is 0 Å². The standard InChI is InChI=1S/C29H27F4N5O3S/c30-22-6-3-19(29(31,32)33)13-23(22)37-27(39)36-20-4-1-17(2-5-20)21-16-42-25-18(14-35-26(34)24(21)25)15-38-9-7-28(8-10-38)40-11-12-41-28/h1-6,13-14,16H,7-12,15H2,(H2,34,35)(H2,36,37,39). The summed E-state index contributed by atoms with van der Waals surface area (Å²) in [5.74, 6) is -0.998. The molecule has 4 N–H and O–H groups in total. The van der Waals surface area contributed by atoms with Crippen molar-refractivity contribution < 1.29 is 31.8 Å². The summed E-state index contributed by atoms with van der Waals surface area (Å²) in [4.78, 5) is 19.2. The zero-order valence-electron chi connectivity index (χ0n) is 22.3. The van der Waals surface area contributed by atoms with Gasteiger partial charge in [0.1, 0.15) is 11.6 Å². The second kappa shape index (κ2) is 11.1. The number of benzene rings is 2. The van der Waals surface area contributed by atoms with Gasteiger partial charge in [0, 0.05) is 65.6 Å². The number of nitrogen functional groups attached to an aromatic ring is 1. The number of fused-ring (bicyclic) bond motifs is 1. The molecule has 0 radical (unpaired) electrons. The predicted octanol–water partition coefficient (Wildman–Crippen LogP) is 6.69. The highest BCUT2D eigenvalue weighted by Crippen LogP contribution is 2.40. The van der Waals surface area contributed by atoms with Crippen LogP contribution in [0, 0.1) is 5.82 Å². The number of amides is 2. The van der Waals surface area contributed by atoms with Crippen molar-refractivity contribution in [3.63, 3.8) is 0 Å². The number of ether oxygens (including phenoxy) is 2. The van der Waals surface area contributed by atoms with Crippen LogP contribution in [0.5, 0.6) is 0 Å². The molecule has 0 saturated carbocycles. The molecule has 13 heteroatoms. The van der Waals surface area contributed by atoms with E-state index in [4.69, 9.17) is 15.2 Å². The molecule has 4 heterocycles. The van der Waals surface area contributed by atoms with Gasteiger partial charge in [-0.3, -0.25) is 4.90 Å². The number of carbonyl (C=O) groups excluding carboxylic acids is 1. The first-order valence-electron chi connectivity index (χ1n) is 13.3. The Morgan fingerprint density at radius 2 is 1.79 bits per heavy atom. The van der Waals surface area contributed by atoms with Crippen molar-refractivity contribution in [2.45, 2.75) is 31.3 Å². The second-order valence-electron chi connectivity index (χ2n) is 10.3. The Balaban J connectivity index is 1.15. The van der Waals surface area contributed by atoms with Crippen LogP contribution in [0.15, 0.2) is 54.0 Å². The minimum Gasteiger partial charge on any atom is -0.383 e. The molecule has 2 saturated heterocycles. The number of thiophene rings is 1. The number of urea groups is 1. The number of rotatable bonds is 5. The van der Waals surface area contributed by atoms with Crippen molar-refractivity contribution in [3.8, 4) is 11.1 Å². The van der Waals surface area contributed by atoms with E-state index in [2.05, 4.69) is 20.5 Å². The molecule has 2 amide bonds. The zero-order chi connectivity index (χ0) is 29.5. The minimum absolute atomic E-state index is 0.369. The lowest BCUT2D eigenvalue weighted by Gasteiger charge is -2.37. The number of halogens is 4. The van der Waals surface area contributed by atoms with E-state index in [0.29, 0.717) is 42.9 Å². The summed E-state index contributed by atoms with van der Waals surface area (Å²) >= 11 is 1.59. The summed E-state index contributed by atoms with van der Waals surface area (Å²) in [5.41, 5.74) is 7.87. The first kappa shape index (κ1) is 28.3. The van der Waals surface area contributed by atoms with E-state index in [0.717, 1.165) is 59.3 Å². The number of carbonyl (C=O) groups is 1. The van der Waals surface area contributed by atoms with Crippen molar-refractivity contribution >= 4 is 44.6 Å². The fourth-order valence-electron chi connectivity index (χ4n) is 5.34. The monoisotopic (exact) mass is 601 g/mol. The molecule has 8 nitrogen and oxygen atoms in total. The van der Waals surface area contributed by atoms with Crippen LogP contribution in [-0.2, 0) is 22.2 Å². The molecule has 4 aromatic rings. The Labute approximate surface area is 242 Å². The molecule has 2 aromatic carbocycles. The summed E-state index contributed by atoms with van der Waals surface area (Å²) < 4.78 is 65.6. The highest BCUT2D eigenvalue weighted by Gasteiger charge is 2.39. The van der Waals surface area contributed by atoms with Crippen molar-refractivity contribution in [2.24, 2.45) is 0 Å². The van der Waals surface area contributed by atoms with Gasteiger partial charge in [0.05, 0.1) is 24.5 Å². The van der Waals surface area contributed by atoms with Crippen molar-refractivity contribution in [3.05, 3.63) is 71.0 Å². The van der Waals surface area contributed by atoms with E-state index in [1.165, 1.54) is 0 Å². The van der Waals surface area contributed by atoms with E-state index in [1.54, 1.807) is 35.6 Å². The molecule has 6 rings (SSSR count). The Morgan fingerprint density at radius 1 is 1.07 bits per heavy atom. The van der Waals surface area contributed by atoms with Crippen molar-refractivity contribution in [1.29, 1.82) is 0 Å². The molecular weight excluding hydrogens is 574 g/mol. The number of hydrogen-bond acceptors (Lipinski definition) is 7. The topological polar surface area (TPSA) is 102 Å². The molecule has 2 fully saturated rings. The number of aromatic nitrogens is 1. The molecule has 2 aliphatic rings. The number of anilines is 3. The molecule has 2 aromatic heterocycles. The van der Waals surface area contributed by atoms with Gasteiger partial charge in [-0.2, -0.15) is 13.2 Å². The summed E-state index contributed by atoms with van der Waals surface area (Å²) in [6, 6.07) is 7.81. The van der Waals surface area contributed by atoms with Gasteiger partial charge < -0.3 is 25.8 Å². The third-order valence-corrected chi connectivity index (χ3v) is 8.57. The quantitative estimate of drug-likeness (QED) is 0.221.